The van der Waals surface area contributed by atoms with Crippen molar-refractivity contribution < 1.29 is 36.0 Å². The summed E-state index contributed by atoms with van der Waals surface area (Å²) in [6.07, 6.45) is -5.29. The molecular formula is C7H6F3N3O6S. The molecule has 112 valence electrons. The second-order valence-corrected chi connectivity index (χ2v) is 4.67. The Kier molecular flexibility index (Phi) is 4.04. The van der Waals surface area contributed by atoms with Crippen LogP contribution in [-0.2, 0) is 10.0 Å². The molecular weight excluding hydrogens is 311 g/mol. The molecule has 0 saturated heterocycles. The smallest absolute Gasteiger partial charge is 0.462 e. The number of ether oxygens (including phenoxy) is 2. The van der Waals surface area contributed by atoms with Crippen LogP contribution < -0.4 is 14.6 Å². The number of nitrogens with two attached hydrogens (primary N) is 1. The summed E-state index contributed by atoms with van der Waals surface area (Å²) in [6.45, 7) is 0. The average molecular weight is 317 g/mol. The summed E-state index contributed by atoms with van der Waals surface area (Å²) < 4.78 is 66.9. The Morgan fingerprint density at radius 3 is 2.35 bits per heavy atom. The van der Waals surface area contributed by atoms with Crippen molar-refractivity contribution in [3.8, 4) is 11.6 Å². The highest BCUT2D eigenvalue weighted by Crippen LogP contribution is 2.36. The molecule has 0 bridgehead atoms. The quantitative estimate of drug-likeness (QED) is 0.632. The van der Waals surface area contributed by atoms with Crippen molar-refractivity contribution in [2.75, 3.05) is 7.11 Å². The molecule has 0 aromatic carbocycles. The summed E-state index contributed by atoms with van der Waals surface area (Å²) in [4.78, 5) is 11.2. The van der Waals surface area contributed by atoms with E-state index < -0.39 is 43.7 Å². The zero-order chi connectivity index (χ0) is 15.7. The number of halogens is 3. The van der Waals surface area contributed by atoms with Gasteiger partial charge in [-0.05, 0) is 4.92 Å². The summed E-state index contributed by atoms with van der Waals surface area (Å²) in [5.41, 5.74) is 0. The summed E-state index contributed by atoms with van der Waals surface area (Å²) >= 11 is 0. The zero-order valence-corrected chi connectivity index (χ0v) is 10.4. The van der Waals surface area contributed by atoms with Crippen LogP contribution in [0.3, 0.4) is 0 Å². The van der Waals surface area contributed by atoms with E-state index in [2.05, 4.69) is 14.5 Å². The number of rotatable bonds is 4. The molecule has 0 spiro atoms. The van der Waals surface area contributed by atoms with Gasteiger partial charge in [-0.15, -0.1) is 13.2 Å². The molecule has 0 fully saturated rings. The predicted octanol–water partition coefficient (Wildman–Crippen LogP) is 0.544. The minimum absolute atomic E-state index is 0.176. The van der Waals surface area contributed by atoms with Gasteiger partial charge in [-0.25, -0.2) is 13.6 Å². The van der Waals surface area contributed by atoms with Gasteiger partial charge < -0.3 is 19.6 Å². The van der Waals surface area contributed by atoms with Gasteiger partial charge in [0.25, 0.3) is 0 Å². The lowest BCUT2D eigenvalue weighted by Gasteiger charge is -2.12. The van der Waals surface area contributed by atoms with Crippen LogP contribution in [-0.4, -0.2) is 31.8 Å². The Bertz CT molecular complexity index is 644. The molecule has 0 radical (unpaired) electrons. The second kappa shape index (κ2) is 5.09. The first-order valence-electron chi connectivity index (χ1n) is 4.47. The van der Waals surface area contributed by atoms with Crippen LogP contribution in [0.2, 0.25) is 0 Å². The number of nitrogens with zero attached hydrogens (tertiary/aromatic N) is 2. The van der Waals surface area contributed by atoms with Crippen LogP contribution in [0.15, 0.2) is 11.0 Å². The SMILES string of the molecule is COc1nc([N+](=O)[O-])cc(OC(F)(F)F)c1S(N)(=O)=O. The Morgan fingerprint density at radius 1 is 1.45 bits per heavy atom. The van der Waals surface area contributed by atoms with Crippen LogP contribution in [0.1, 0.15) is 0 Å². The van der Waals surface area contributed by atoms with Crippen molar-refractivity contribution >= 4 is 15.8 Å². The number of hydrogen-bond donors (Lipinski definition) is 1. The Hall–Kier alpha value is -2.15. The predicted molar refractivity (Wildman–Crippen MR) is 55.5 cm³/mol. The number of primary sulfonamides is 1. The van der Waals surface area contributed by atoms with Gasteiger partial charge in [0.15, 0.2) is 5.75 Å². The van der Waals surface area contributed by atoms with Gasteiger partial charge >= 0.3 is 18.1 Å². The van der Waals surface area contributed by atoms with E-state index in [1.165, 1.54) is 0 Å². The highest BCUT2D eigenvalue weighted by atomic mass is 32.2. The topological polar surface area (TPSA) is 135 Å². The van der Waals surface area contributed by atoms with Gasteiger partial charge in [-0.3, -0.25) is 0 Å². The first kappa shape index (κ1) is 15.9. The lowest BCUT2D eigenvalue weighted by Crippen LogP contribution is -2.22. The van der Waals surface area contributed by atoms with Gasteiger partial charge in [0.1, 0.15) is 0 Å². The molecule has 0 aliphatic carbocycles. The van der Waals surface area contributed by atoms with Crippen LogP contribution >= 0.6 is 0 Å². The van der Waals surface area contributed by atoms with Crippen molar-refractivity contribution in [2.45, 2.75) is 11.3 Å². The fraction of sp³-hybridized carbons (Fsp3) is 0.286. The van der Waals surface area contributed by atoms with Crippen molar-refractivity contribution in [3.05, 3.63) is 16.2 Å². The van der Waals surface area contributed by atoms with Crippen molar-refractivity contribution in [2.24, 2.45) is 5.14 Å². The molecule has 0 aliphatic rings. The molecule has 1 rings (SSSR count). The molecule has 0 aliphatic heterocycles. The molecule has 1 aromatic rings. The van der Waals surface area contributed by atoms with Crippen molar-refractivity contribution in [3.63, 3.8) is 0 Å². The maximum Gasteiger partial charge on any atom is 0.573 e. The van der Waals surface area contributed by atoms with E-state index in [0.717, 1.165) is 7.11 Å². The van der Waals surface area contributed by atoms with Crippen LogP contribution in [0, 0.1) is 10.1 Å². The van der Waals surface area contributed by atoms with Crippen LogP contribution in [0.25, 0.3) is 0 Å². The minimum Gasteiger partial charge on any atom is -0.462 e. The fourth-order valence-electron chi connectivity index (χ4n) is 1.17. The maximum atomic E-state index is 12.2. The Labute approximate surface area is 109 Å². The molecule has 9 nitrogen and oxygen atoms in total. The molecule has 20 heavy (non-hydrogen) atoms. The largest absolute Gasteiger partial charge is 0.573 e. The van der Waals surface area contributed by atoms with Crippen molar-refractivity contribution in [1.82, 2.24) is 4.98 Å². The van der Waals surface area contributed by atoms with E-state index in [1.807, 2.05) is 0 Å². The van der Waals surface area contributed by atoms with Gasteiger partial charge in [-0.1, -0.05) is 0 Å². The van der Waals surface area contributed by atoms with Crippen molar-refractivity contribution in [1.29, 1.82) is 0 Å². The monoisotopic (exact) mass is 317 g/mol. The summed E-state index contributed by atoms with van der Waals surface area (Å²) in [6, 6.07) is 0.176. The zero-order valence-electron chi connectivity index (χ0n) is 9.54. The second-order valence-electron chi connectivity index (χ2n) is 3.17. The van der Waals surface area contributed by atoms with E-state index in [4.69, 9.17) is 5.14 Å². The number of nitro groups is 1. The molecule has 0 atom stereocenters. The van der Waals surface area contributed by atoms with Gasteiger partial charge in [0.05, 0.1) is 13.2 Å². The number of pyridine rings is 1. The molecule has 13 heteroatoms. The minimum atomic E-state index is -5.29. The van der Waals surface area contributed by atoms with Gasteiger partial charge in [0.2, 0.25) is 14.9 Å². The third-order valence-electron chi connectivity index (χ3n) is 1.78. The third kappa shape index (κ3) is 3.67. The van der Waals surface area contributed by atoms with Gasteiger partial charge in [0, 0.05) is 4.98 Å². The summed E-state index contributed by atoms with van der Waals surface area (Å²) in [5.74, 6) is -3.49. The van der Waals surface area contributed by atoms with E-state index in [9.17, 15) is 31.7 Å². The standard InChI is InChI=1S/C7H6F3N3O6S/c1-18-6-5(20(11,16)17)3(19-7(8,9)10)2-4(12-6)13(14)15/h2H,1H3,(H2,11,16,17). The molecule has 2 N–H and O–H groups in total. The van der Waals surface area contributed by atoms with Crippen LogP contribution in [0.4, 0.5) is 19.0 Å². The lowest BCUT2D eigenvalue weighted by atomic mass is 10.4. The number of aromatic nitrogens is 1. The number of sulfonamides is 1. The summed E-state index contributed by atoms with van der Waals surface area (Å²) in [7, 11) is -3.88. The fourth-order valence-corrected chi connectivity index (χ4v) is 1.92. The Morgan fingerprint density at radius 2 is 2.00 bits per heavy atom. The van der Waals surface area contributed by atoms with Crippen LogP contribution in [0.5, 0.6) is 11.6 Å². The normalized spacial score (nSPS) is 12.1. The first-order valence-corrected chi connectivity index (χ1v) is 6.02. The van der Waals surface area contributed by atoms with E-state index in [-0.39, 0.29) is 6.07 Å². The molecule has 1 heterocycles. The lowest BCUT2D eigenvalue weighted by molar-refractivity contribution is -0.390. The molecule has 0 saturated carbocycles. The van der Waals surface area contributed by atoms with Gasteiger partial charge in [-0.2, -0.15) is 0 Å². The number of hydrogen-bond acceptors (Lipinski definition) is 7. The average Bonchev–Trinajstić information content (AvgIpc) is 2.23. The molecule has 0 amide bonds. The highest BCUT2D eigenvalue weighted by molar-refractivity contribution is 7.89. The Balaban J connectivity index is 3.66. The van der Waals surface area contributed by atoms with E-state index in [0.29, 0.717) is 0 Å². The number of methoxy groups -OCH3 is 1. The molecule has 1 aromatic heterocycles. The third-order valence-corrected chi connectivity index (χ3v) is 2.73. The molecule has 0 unspecified atom stereocenters. The number of alkyl halides is 3. The summed E-state index contributed by atoms with van der Waals surface area (Å²) in [5, 5.41) is 15.2. The van der Waals surface area contributed by atoms with E-state index >= 15 is 0 Å². The van der Waals surface area contributed by atoms with E-state index in [1.54, 1.807) is 0 Å². The first-order chi connectivity index (χ1) is 8.95. The highest BCUT2D eigenvalue weighted by Gasteiger charge is 2.38. The maximum absolute atomic E-state index is 12.2.